The van der Waals surface area contributed by atoms with Crippen molar-refractivity contribution >= 4 is 11.8 Å². The van der Waals surface area contributed by atoms with Crippen LogP contribution in [0.1, 0.15) is 26.7 Å². The first-order chi connectivity index (χ1) is 8.08. The van der Waals surface area contributed by atoms with Crippen LogP contribution in [0.3, 0.4) is 0 Å². The summed E-state index contributed by atoms with van der Waals surface area (Å²) in [6.45, 7) is 4.47. The Hall–Kier alpha value is -1.58. The van der Waals surface area contributed by atoms with Gasteiger partial charge in [-0.25, -0.2) is 0 Å². The molecule has 92 valence electrons. The van der Waals surface area contributed by atoms with Crippen LogP contribution in [-0.4, -0.2) is 29.8 Å². The summed E-state index contributed by atoms with van der Waals surface area (Å²) in [4.78, 5) is 24.8. The van der Waals surface area contributed by atoms with Crippen LogP contribution in [0.2, 0.25) is 0 Å². The molecule has 0 aromatic heterocycles. The third-order valence-electron chi connectivity index (χ3n) is 3.37. The van der Waals surface area contributed by atoms with Crippen molar-refractivity contribution in [3.63, 3.8) is 0 Å². The van der Waals surface area contributed by atoms with Crippen LogP contribution in [0.5, 0.6) is 0 Å². The van der Waals surface area contributed by atoms with Gasteiger partial charge >= 0.3 is 0 Å². The maximum atomic E-state index is 11.8. The largest absolute Gasteiger partial charge is 0.345 e. The molecule has 1 aliphatic heterocycles. The number of rotatable bonds is 1. The summed E-state index contributed by atoms with van der Waals surface area (Å²) in [6, 6.07) is 0. The third-order valence-corrected chi connectivity index (χ3v) is 3.37. The smallest absolute Gasteiger partial charge is 0.246 e. The summed E-state index contributed by atoms with van der Waals surface area (Å²) in [5.41, 5.74) is 2.29. The second kappa shape index (κ2) is 4.73. The molecule has 17 heavy (non-hydrogen) atoms. The van der Waals surface area contributed by atoms with Crippen molar-refractivity contribution in [1.29, 1.82) is 0 Å². The summed E-state index contributed by atoms with van der Waals surface area (Å²) in [7, 11) is 0. The average Bonchev–Trinajstić information content (AvgIpc) is 2.46. The molecule has 1 saturated heterocycles. The van der Waals surface area contributed by atoms with Crippen LogP contribution in [0.15, 0.2) is 23.4 Å². The van der Waals surface area contributed by atoms with Crippen LogP contribution in [-0.2, 0) is 9.59 Å². The van der Waals surface area contributed by atoms with E-state index in [1.165, 1.54) is 5.57 Å². The zero-order chi connectivity index (χ0) is 12.4. The lowest BCUT2D eigenvalue weighted by Gasteiger charge is -2.31. The molecular formula is C13H18N2O2. The molecule has 1 N–H and O–H groups in total. The zero-order valence-corrected chi connectivity index (χ0v) is 10.3. The highest BCUT2D eigenvalue weighted by Crippen LogP contribution is 2.26. The van der Waals surface area contributed by atoms with Crippen molar-refractivity contribution in [2.75, 3.05) is 13.1 Å². The number of piperazine rings is 1. The molecule has 0 spiro atoms. The fourth-order valence-electron chi connectivity index (χ4n) is 2.22. The minimum absolute atomic E-state index is 0.0179. The van der Waals surface area contributed by atoms with Crippen LogP contribution >= 0.6 is 0 Å². The maximum absolute atomic E-state index is 11.8. The van der Waals surface area contributed by atoms with Crippen LogP contribution in [0.4, 0.5) is 0 Å². The molecule has 0 aromatic rings. The first-order valence-electron chi connectivity index (χ1n) is 6.02. The molecule has 2 amide bonds. The van der Waals surface area contributed by atoms with Crippen molar-refractivity contribution in [1.82, 2.24) is 10.2 Å². The highest BCUT2D eigenvalue weighted by molar-refractivity contribution is 5.93. The Morgan fingerprint density at radius 1 is 1.35 bits per heavy atom. The standard InChI is InChI=1S/C13H18N2O2/c1-9-3-5-10(2)11(6-4-9)15-8-12(16)14-7-13(15)17/h4,6,10H,3,5,7-8H2,1-2H3,(H,14,16). The van der Waals surface area contributed by atoms with E-state index in [2.05, 4.69) is 25.2 Å². The molecule has 1 fully saturated rings. The molecule has 0 radical (unpaired) electrons. The summed E-state index contributed by atoms with van der Waals surface area (Å²) in [5.74, 6) is 0.219. The average molecular weight is 234 g/mol. The number of carbonyl (C=O) groups is 2. The van der Waals surface area contributed by atoms with Gasteiger partial charge in [0, 0.05) is 5.70 Å². The predicted molar refractivity (Wildman–Crippen MR) is 65.0 cm³/mol. The molecule has 1 aliphatic carbocycles. The van der Waals surface area contributed by atoms with Gasteiger partial charge in [0.15, 0.2) is 0 Å². The van der Waals surface area contributed by atoms with Gasteiger partial charge in [-0.3, -0.25) is 9.59 Å². The Bertz CT molecular complexity index is 410. The Labute approximate surface area is 101 Å². The van der Waals surface area contributed by atoms with Crippen LogP contribution in [0.25, 0.3) is 0 Å². The molecule has 0 aromatic carbocycles. The fourth-order valence-corrected chi connectivity index (χ4v) is 2.22. The molecule has 1 atom stereocenters. The number of carbonyl (C=O) groups excluding carboxylic acids is 2. The first kappa shape index (κ1) is 11.9. The van der Waals surface area contributed by atoms with Gasteiger partial charge in [-0.1, -0.05) is 18.6 Å². The normalized spacial score (nSPS) is 26.0. The summed E-state index contributed by atoms with van der Waals surface area (Å²) < 4.78 is 0. The van der Waals surface area contributed by atoms with E-state index in [0.717, 1.165) is 18.5 Å². The molecule has 2 rings (SSSR count). The fraction of sp³-hybridized carbons (Fsp3) is 0.538. The van der Waals surface area contributed by atoms with Gasteiger partial charge in [-0.15, -0.1) is 0 Å². The number of hydrogen-bond donors (Lipinski definition) is 1. The van der Waals surface area contributed by atoms with Gasteiger partial charge in [0.05, 0.1) is 6.54 Å². The minimum atomic E-state index is -0.0809. The SMILES string of the molecule is CC1=CC=C(N2CC(=O)NCC2=O)C(C)CC1. The van der Waals surface area contributed by atoms with Crippen molar-refractivity contribution < 1.29 is 9.59 Å². The monoisotopic (exact) mass is 234 g/mol. The van der Waals surface area contributed by atoms with Gasteiger partial charge in [-0.05, 0) is 31.8 Å². The Morgan fingerprint density at radius 2 is 2.12 bits per heavy atom. The topological polar surface area (TPSA) is 49.4 Å². The number of allylic oxidation sites excluding steroid dienone is 4. The highest BCUT2D eigenvalue weighted by Gasteiger charge is 2.28. The van der Waals surface area contributed by atoms with E-state index in [1.54, 1.807) is 4.90 Å². The molecular weight excluding hydrogens is 216 g/mol. The number of nitrogens with one attached hydrogen (secondary N) is 1. The highest BCUT2D eigenvalue weighted by atomic mass is 16.2. The molecule has 1 unspecified atom stereocenters. The van der Waals surface area contributed by atoms with E-state index >= 15 is 0 Å². The molecule has 2 aliphatic rings. The van der Waals surface area contributed by atoms with Crippen molar-refractivity contribution in [2.45, 2.75) is 26.7 Å². The summed E-state index contributed by atoms with van der Waals surface area (Å²) >= 11 is 0. The lowest BCUT2D eigenvalue weighted by Crippen LogP contribution is -2.51. The number of nitrogens with zero attached hydrogens (tertiary/aromatic N) is 1. The lowest BCUT2D eigenvalue weighted by atomic mass is 10.00. The minimum Gasteiger partial charge on any atom is -0.345 e. The number of hydrogen-bond acceptors (Lipinski definition) is 2. The van der Waals surface area contributed by atoms with Gasteiger partial charge in [0.2, 0.25) is 11.8 Å². The van der Waals surface area contributed by atoms with Gasteiger partial charge in [0.25, 0.3) is 0 Å². The Balaban J connectivity index is 2.24. The molecule has 4 nitrogen and oxygen atoms in total. The molecule has 0 saturated carbocycles. The Morgan fingerprint density at radius 3 is 2.88 bits per heavy atom. The lowest BCUT2D eigenvalue weighted by molar-refractivity contribution is -0.139. The van der Waals surface area contributed by atoms with E-state index in [0.29, 0.717) is 5.92 Å². The van der Waals surface area contributed by atoms with Gasteiger partial charge in [0.1, 0.15) is 6.54 Å². The van der Waals surface area contributed by atoms with E-state index in [-0.39, 0.29) is 24.9 Å². The molecule has 0 bridgehead atoms. The van der Waals surface area contributed by atoms with E-state index < -0.39 is 0 Å². The summed E-state index contributed by atoms with van der Waals surface area (Å²) in [5, 5.41) is 2.57. The van der Waals surface area contributed by atoms with E-state index in [4.69, 9.17) is 0 Å². The first-order valence-corrected chi connectivity index (χ1v) is 6.02. The van der Waals surface area contributed by atoms with Crippen molar-refractivity contribution in [3.8, 4) is 0 Å². The zero-order valence-electron chi connectivity index (χ0n) is 10.3. The van der Waals surface area contributed by atoms with Crippen molar-refractivity contribution in [2.24, 2.45) is 5.92 Å². The quantitative estimate of drug-likeness (QED) is 0.741. The predicted octanol–water partition coefficient (Wildman–Crippen LogP) is 1.20. The second-order valence-electron chi connectivity index (χ2n) is 4.80. The van der Waals surface area contributed by atoms with Gasteiger partial charge in [-0.2, -0.15) is 0 Å². The molecule has 4 heteroatoms. The molecule has 1 heterocycles. The number of amides is 2. The third kappa shape index (κ3) is 2.57. The summed E-state index contributed by atoms with van der Waals surface area (Å²) in [6.07, 6.45) is 6.12. The van der Waals surface area contributed by atoms with Gasteiger partial charge < -0.3 is 10.2 Å². The second-order valence-corrected chi connectivity index (χ2v) is 4.80. The van der Waals surface area contributed by atoms with Crippen LogP contribution < -0.4 is 5.32 Å². The van der Waals surface area contributed by atoms with Crippen molar-refractivity contribution in [3.05, 3.63) is 23.4 Å². The van der Waals surface area contributed by atoms with E-state index in [9.17, 15) is 9.59 Å². The maximum Gasteiger partial charge on any atom is 0.246 e. The van der Waals surface area contributed by atoms with E-state index in [1.807, 2.05) is 6.08 Å². The Kier molecular flexibility index (Phi) is 3.31. The van der Waals surface area contributed by atoms with Crippen LogP contribution in [0, 0.1) is 5.92 Å².